The Morgan fingerprint density at radius 2 is 2.10 bits per heavy atom. The lowest BCUT2D eigenvalue weighted by atomic mass is 9.69. The number of hydrogen-bond acceptors (Lipinski definition) is 2. The van der Waals surface area contributed by atoms with E-state index in [2.05, 4.69) is 0 Å². The number of unbranched alkanes of at least 4 members (excludes halogenated alkanes) is 2. The predicted octanol–water partition coefficient (Wildman–Crippen LogP) is 4.51. The summed E-state index contributed by atoms with van der Waals surface area (Å²) in [4.78, 5) is 23.2. The van der Waals surface area contributed by atoms with Crippen molar-refractivity contribution in [2.24, 2.45) is 5.41 Å². The summed E-state index contributed by atoms with van der Waals surface area (Å²) >= 11 is 6.00. The third kappa shape index (κ3) is 3.85. The van der Waals surface area contributed by atoms with E-state index in [1.807, 2.05) is 19.1 Å². The SMILES string of the molecule is CC1(CCCCCC(=O)O)CCc2ccc(Cl)cc2C1=O. The monoisotopic (exact) mass is 308 g/mol. The molecule has 114 valence electrons. The first-order chi connectivity index (χ1) is 9.92. The Morgan fingerprint density at radius 1 is 1.33 bits per heavy atom. The van der Waals surface area contributed by atoms with Gasteiger partial charge < -0.3 is 5.11 Å². The smallest absolute Gasteiger partial charge is 0.303 e. The van der Waals surface area contributed by atoms with Crippen LogP contribution in [0, 0.1) is 5.41 Å². The molecule has 1 aromatic carbocycles. The number of hydrogen-bond donors (Lipinski definition) is 1. The molecule has 0 saturated heterocycles. The van der Waals surface area contributed by atoms with Gasteiger partial charge in [0.05, 0.1) is 0 Å². The molecule has 0 radical (unpaired) electrons. The summed E-state index contributed by atoms with van der Waals surface area (Å²) in [5.74, 6) is -0.567. The Morgan fingerprint density at radius 3 is 2.81 bits per heavy atom. The number of benzene rings is 1. The van der Waals surface area contributed by atoms with E-state index in [0.717, 1.165) is 43.2 Å². The van der Waals surface area contributed by atoms with Gasteiger partial charge in [0.1, 0.15) is 0 Å². The maximum absolute atomic E-state index is 12.7. The molecule has 1 aromatic rings. The average Bonchev–Trinajstić information content (AvgIpc) is 2.43. The van der Waals surface area contributed by atoms with Gasteiger partial charge >= 0.3 is 5.97 Å². The molecule has 1 aliphatic rings. The fourth-order valence-electron chi connectivity index (χ4n) is 3.03. The number of aliphatic carboxylic acids is 1. The first-order valence-electron chi connectivity index (χ1n) is 7.47. The molecular formula is C17H21ClO3. The number of carbonyl (C=O) groups excluding carboxylic acids is 1. The van der Waals surface area contributed by atoms with Crippen LogP contribution < -0.4 is 0 Å². The maximum atomic E-state index is 12.7. The van der Waals surface area contributed by atoms with E-state index in [0.29, 0.717) is 11.4 Å². The van der Waals surface area contributed by atoms with Crippen molar-refractivity contribution >= 4 is 23.4 Å². The Balaban J connectivity index is 1.97. The van der Waals surface area contributed by atoms with Crippen LogP contribution in [0.5, 0.6) is 0 Å². The Kier molecular flexibility index (Phi) is 5.04. The van der Waals surface area contributed by atoms with Crippen LogP contribution in [-0.2, 0) is 11.2 Å². The number of aryl methyl sites for hydroxylation is 1. The maximum Gasteiger partial charge on any atom is 0.303 e. The molecule has 0 saturated carbocycles. The highest BCUT2D eigenvalue weighted by atomic mass is 35.5. The molecule has 0 aromatic heterocycles. The summed E-state index contributed by atoms with van der Waals surface area (Å²) in [6, 6.07) is 5.56. The predicted molar refractivity (Wildman–Crippen MR) is 82.9 cm³/mol. The van der Waals surface area contributed by atoms with E-state index in [1.165, 1.54) is 0 Å². The number of rotatable bonds is 6. The standard InChI is InChI=1S/C17H21ClO3/c1-17(9-4-2-3-5-15(19)20)10-8-12-6-7-13(18)11-14(12)16(17)21/h6-7,11H,2-5,8-10H2,1H3,(H,19,20). The number of halogens is 1. The van der Waals surface area contributed by atoms with Crippen molar-refractivity contribution in [3.63, 3.8) is 0 Å². The molecule has 2 rings (SSSR count). The quantitative estimate of drug-likeness (QED) is 0.787. The first-order valence-corrected chi connectivity index (χ1v) is 7.85. The van der Waals surface area contributed by atoms with Crippen molar-refractivity contribution in [1.29, 1.82) is 0 Å². The molecule has 0 bridgehead atoms. The number of carbonyl (C=O) groups is 2. The zero-order chi connectivity index (χ0) is 15.5. The van der Waals surface area contributed by atoms with Crippen LogP contribution in [0.25, 0.3) is 0 Å². The van der Waals surface area contributed by atoms with Crippen molar-refractivity contribution < 1.29 is 14.7 Å². The van der Waals surface area contributed by atoms with Gasteiger partial charge in [-0.2, -0.15) is 0 Å². The normalized spacial score (nSPS) is 21.1. The molecule has 1 aliphatic carbocycles. The highest BCUT2D eigenvalue weighted by Gasteiger charge is 2.37. The van der Waals surface area contributed by atoms with Crippen LogP contribution in [0.15, 0.2) is 18.2 Å². The van der Waals surface area contributed by atoms with Crippen LogP contribution in [-0.4, -0.2) is 16.9 Å². The van der Waals surface area contributed by atoms with Gasteiger partial charge in [0, 0.05) is 22.4 Å². The number of ketones is 1. The molecule has 21 heavy (non-hydrogen) atoms. The topological polar surface area (TPSA) is 54.4 Å². The van der Waals surface area contributed by atoms with Crippen molar-refractivity contribution in [2.75, 3.05) is 0 Å². The van der Waals surface area contributed by atoms with Gasteiger partial charge in [-0.3, -0.25) is 9.59 Å². The van der Waals surface area contributed by atoms with Crippen molar-refractivity contribution in [3.05, 3.63) is 34.3 Å². The van der Waals surface area contributed by atoms with E-state index >= 15 is 0 Å². The van der Waals surface area contributed by atoms with Crippen molar-refractivity contribution in [1.82, 2.24) is 0 Å². The highest BCUT2D eigenvalue weighted by Crippen LogP contribution is 2.40. The van der Waals surface area contributed by atoms with Gasteiger partial charge in [0.15, 0.2) is 5.78 Å². The van der Waals surface area contributed by atoms with Gasteiger partial charge in [-0.15, -0.1) is 0 Å². The zero-order valence-corrected chi connectivity index (χ0v) is 13.1. The number of carboxylic acid groups (broad SMARTS) is 1. The van der Waals surface area contributed by atoms with Crippen LogP contribution in [0.2, 0.25) is 5.02 Å². The summed E-state index contributed by atoms with van der Waals surface area (Å²) in [5.41, 5.74) is 1.52. The van der Waals surface area contributed by atoms with E-state index in [-0.39, 0.29) is 17.6 Å². The largest absolute Gasteiger partial charge is 0.481 e. The third-order valence-electron chi connectivity index (χ3n) is 4.43. The summed E-state index contributed by atoms with van der Waals surface area (Å²) < 4.78 is 0. The molecule has 3 nitrogen and oxygen atoms in total. The van der Waals surface area contributed by atoms with Gasteiger partial charge in [-0.25, -0.2) is 0 Å². The molecule has 1 unspecified atom stereocenters. The van der Waals surface area contributed by atoms with E-state index in [4.69, 9.17) is 16.7 Å². The molecule has 1 N–H and O–H groups in total. The molecular weight excluding hydrogens is 288 g/mol. The van der Waals surface area contributed by atoms with Crippen molar-refractivity contribution in [3.8, 4) is 0 Å². The molecule has 0 heterocycles. The van der Waals surface area contributed by atoms with Crippen molar-refractivity contribution in [2.45, 2.75) is 51.9 Å². The molecule has 0 amide bonds. The summed E-state index contributed by atoms with van der Waals surface area (Å²) in [5, 5.41) is 9.23. The number of carboxylic acids is 1. The fourth-order valence-corrected chi connectivity index (χ4v) is 3.21. The molecule has 4 heteroatoms. The minimum Gasteiger partial charge on any atom is -0.481 e. The average molecular weight is 309 g/mol. The summed E-state index contributed by atoms with van der Waals surface area (Å²) in [6.07, 6.45) is 5.23. The Hall–Kier alpha value is -1.35. The van der Waals surface area contributed by atoms with Gasteiger partial charge in [0.25, 0.3) is 0 Å². The lowest BCUT2D eigenvalue weighted by Gasteiger charge is -2.33. The van der Waals surface area contributed by atoms with Gasteiger partial charge in [0.2, 0.25) is 0 Å². The van der Waals surface area contributed by atoms with Gasteiger partial charge in [-0.1, -0.05) is 37.4 Å². The minimum absolute atomic E-state index is 0.185. The van der Waals surface area contributed by atoms with E-state index in [1.54, 1.807) is 6.07 Å². The molecule has 0 spiro atoms. The number of fused-ring (bicyclic) bond motifs is 1. The van der Waals surface area contributed by atoms with Crippen LogP contribution in [0.1, 0.15) is 61.4 Å². The summed E-state index contributed by atoms with van der Waals surface area (Å²) in [7, 11) is 0. The summed E-state index contributed by atoms with van der Waals surface area (Å²) in [6.45, 7) is 2.02. The second-order valence-corrected chi connectivity index (χ2v) is 6.58. The Labute approximate surface area is 130 Å². The number of Topliss-reactive ketones (excluding diaryl/α,β-unsaturated/α-hetero) is 1. The lowest BCUT2D eigenvalue weighted by molar-refractivity contribution is -0.137. The van der Waals surface area contributed by atoms with Crippen LogP contribution >= 0.6 is 11.6 Å². The van der Waals surface area contributed by atoms with E-state index < -0.39 is 5.97 Å². The van der Waals surface area contributed by atoms with Crippen LogP contribution in [0.3, 0.4) is 0 Å². The molecule has 0 fully saturated rings. The lowest BCUT2D eigenvalue weighted by Crippen LogP contribution is -2.33. The second kappa shape index (κ2) is 6.61. The zero-order valence-electron chi connectivity index (χ0n) is 12.3. The second-order valence-electron chi connectivity index (χ2n) is 6.15. The first kappa shape index (κ1) is 16.0. The highest BCUT2D eigenvalue weighted by molar-refractivity contribution is 6.31. The Bertz CT molecular complexity index is 553. The fraction of sp³-hybridized carbons (Fsp3) is 0.529. The van der Waals surface area contributed by atoms with E-state index in [9.17, 15) is 9.59 Å². The molecule has 1 atom stereocenters. The molecule has 0 aliphatic heterocycles. The van der Waals surface area contributed by atoms with Crippen LogP contribution in [0.4, 0.5) is 0 Å². The van der Waals surface area contributed by atoms with Gasteiger partial charge in [-0.05, 0) is 43.4 Å². The third-order valence-corrected chi connectivity index (χ3v) is 4.67. The minimum atomic E-state index is -0.751.